The van der Waals surface area contributed by atoms with Crippen LogP contribution in [-0.2, 0) is 4.74 Å². The molecule has 0 spiro atoms. The molecule has 1 saturated heterocycles. The van der Waals surface area contributed by atoms with Gasteiger partial charge in [0.05, 0.1) is 13.2 Å². The number of aryl methyl sites for hydroxylation is 2. The Labute approximate surface area is 207 Å². The largest absolute Gasteiger partial charge is 0.496 e. The van der Waals surface area contributed by atoms with Crippen molar-refractivity contribution in [3.05, 3.63) is 94.6 Å². The van der Waals surface area contributed by atoms with E-state index in [4.69, 9.17) is 9.47 Å². The van der Waals surface area contributed by atoms with E-state index in [9.17, 15) is 4.79 Å². The van der Waals surface area contributed by atoms with Crippen molar-refractivity contribution in [3.8, 4) is 16.9 Å². The van der Waals surface area contributed by atoms with E-state index in [0.717, 1.165) is 36.1 Å². The zero-order valence-corrected chi connectivity index (χ0v) is 20.6. The summed E-state index contributed by atoms with van der Waals surface area (Å²) in [6.07, 6.45) is 4.98. The molecule has 2 aliphatic heterocycles. The van der Waals surface area contributed by atoms with Gasteiger partial charge in [0.1, 0.15) is 12.4 Å². The van der Waals surface area contributed by atoms with Gasteiger partial charge in [0.15, 0.2) is 0 Å². The molecular formula is C31H31NO3. The number of methoxy groups -OCH3 is 1. The first-order valence-corrected chi connectivity index (χ1v) is 12.5. The summed E-state index contributed by atoms with van der Waals surface area (Å²) in [5, 5.41) is 0. The summed E-state index contributed by atoms with van der Waals surface area (Å²) in [7, 11) is 1.72. The van der Waals surface area contributed by atoms with Crippen molar-refractivity contribution < 1.29 is 14.3 Å². The molecule has 3 aromatic rings. The van der Waals surface area contributed by atoms with Crippen molar-refractivity contribution in [2.45, 2.75) is 51.1 Å². The van der Waals surface area contributed by atoms with Crippen molar-refractivity contribution in [2.24, 2.45) is 0 Å². The number of fused-ring (bicyclic) bond motifs is 5. The minimum Gasteiger partial charge on any atom is -0.496 e. The lowest BCUT2D eigenvalue weighted by Gasteiger charge is -2.34. The van der Waals surface area contributed by atoms with Crippen LogP contribution in [0.1, 0.15) is 53.0 Å². The van der Waals surface area contributed by atoms with Crippen molar-refractivity contribution in [2.75, 3.05) is 13.7 Å². The lowest BCUT2D eigenvalue weighted by atomic mass is 9.92. The van der Waals surface area contributed by atoms with Crippen LogP contribution in [0.15, 0.2) is 66.7 Å². The van der Waals surface area contributed by atoms with Gasteiger partial charge in [-0.3, -0.25) is 4.90 Å². The highest BCUT2D eigenvalue weighted by Crippen LogP contribution is 2.45. The number of amides is 1. The third-order valence-electron chi connectivity index (χ3n) is 7.98. The number of ether oxygens (including phenoxy) is 2. The van der Waals surface area contributed by atoms with Crippen molar-refractivity contribution in [1.29, 1.82) is 0 Å². The maximum absolute atomic E-state index is 13.3. The van der Waals surface area contributed by atoms with Crippen LogP contribution in [0.2, 0.25) is 0 Å². The van der Waals surface area contributed by atoms with Gasteiger partial charge in [-0.1, -0.05) is 54.6 Å². The topological polar surface area (TPSA) is 38.8 Å². The monoisotopic (exact) mass is 465 g/mol. The molecule has 2 heterocycles. The van der Waals surface area contributed by atoms with Crippen molar-refractivity contribution in [1.82, 2.24) is 4.90 Å². The predicted molar refractivity (Wildman–Crippen MR) is 139 cm³/mol. The van der Waals surface area contributed by atoms with Gasteiger partial charge in [0.2, 0.25) is 0 Å². The smallest absolute Gasteiger partial charge is 0.410 e. The fourth-order valence-corrected chi connectivity index (χ4v) is 6.46. The lowest BCUT2D eigenvalue weighted by Crippen LogP contribution is -2.43. The molecule has 3 aromatic carbocycles. The van der Waals surface area contributed by atoms with Crippen LogP contribution >= 0.6 is 0 Å². The molecule has 2 bridgehead atoms. The first kappa shape index (κ1) is 22.0. The van der Waals surface area contributed by atoms with Crippen LogP contribution in [0.5, 0.6) is 5.75 Å². The van der Waals surface area contributed by atoms with Crippen LogP contribution in [0.4, 0.5) is 4.79 Å². The zero-order valence-electron chi connectivity index (χ0n) is 20.6. The van der Waals surface area contributed by atoms with E-state index < -0.39 is 0 Å². The number of hydrogen-bond acceptors (Lipinski definition) is 3. The molecular weight excluding hydrogens is 434 g/mol. The standard InChI is InChI=1S/C31H31NO3/c1-19-14-21(15-20(2)30(19)34-3)22-16-23-12-13-24(17-22)32(23)31(33)35-18-29-27-10-6-4-8-25(27)26-9-5-7-11-28(26)29/h4-11,14-16,23-24,29H,12-13,17-18H2,1-3H3. The van der Waals surface area contributed by atoms with Crippen LogP contribution in [0, 0.1) is 13.8 Å². The number of carbonyl (C=O) groups excluding carboxylic acids is 1. The quantitative estimate of drug-likeness (QED) is 0.421. The molecule has 178 valence electrons. The molecule has 35 heavy (non-hydrogen) atoms. The first-order chi connectivity index (χ1) is 17.0. The summed E-state index contributed by atoms with van der Waals surface area (Å²) in [4.78, 5) is 15.3. The molecule has 0 saturated carbocycles. The van der Waals surface area contributed by atoms with E-state index in [1.54, 1.807) is 7.11 Å². The van der Waals surface area contributed by atoms with Crippen molar-refractivity contribution in [3.63, 3.8) is 0 Å². The molecule has 2 unspecified atom stereocenters. The Morgan fingerprint density at radius 2 is 1.57 bits per heavy atom. The summed E-state index contributed by atoms with van der Waals surface area (Å²) in [6, 6.07) is 21.6. The molecule has 1 fully saturated rings. The molecule has 1 amide bonds. The maximum atomic E-state index is 13.3. The Morgan fingerprint density at radius 1 is 0.943 bits per heavy atom. The fraction of sp³-hybridized carbons (Fsp3) is 0.323. The Bertz CT molecular complexity index is 1270. The molecule has 0 radical (unpaired) electrons. The third kappa shape index (κ3) is 3.63. The second-order valence-electron chi connectivity index (χ2n) is 10.0. The molecule has 1 aliphatic carbocycles. The van der Waals surface area contributed by atoms with Gasteiger partial charge in [0.25, 0.3) is 0 Å². The van der Waals surface area contributed by atoms with E-state index in [1.165, 1.54) is 33.4 Å². The first-order valence-electron chi connectivity index (χ1n) is 12.5. The fourth-order valence-electron chi connectivity index (χ4n) is 6.46. The molecule has 0 N–H and O–H groups in total. The van der Waals surface area contributed by atoms with E-state index in [1.807, 2.05) is 4.90 Å². The lowest BCUT2D eigenvalue weighted by molar-refractivity contribution is 0.0866. The minimum atomic E-state index is -0.184. The number of hydrogen-bond donors (Lipinski definition) is 0. The normalized spacial score (nSPS) is 20.3. The Balaban J connectivity index is 1.20. The highest BCUT2D eigenvalue weighted by atomic mass is 16.6. The number of carbonyl (C=O) groups is 1. The average molecular weight is 466 g/mol. The molecule has 0 aromatic heterocycles. The summed E-state index contributed by atoms with van der Waals surface area (Å²) < 4.78 is 11.6. The highest BCUT2D eigenvalue weighted by molar-refractivity contribution is 5.79. The number of rotatable bonds is 4. The predicted octanol–water partition coefficient (Wildman–Crippen LogP) is 6.88. The van der Waals surface area contributed by atoms with E-state index in [-0.39, 0.29) is 24.1 Å². The van der Waals surface area contributed by atoms with Gasteiger partial charge in [-0.2, -0.15) is 0 Å². The van der Waals surface area contributed by atoms with E-state index in [2.05, 4.69) is 80.6 Å². The molecule has 3 aliphatic rings. The van der Waals surface area contributed by atoms with Gasteiger partial charge in [-0.15, -0.1) is 0 Å². The van der Waals surface area contributed by atoms with E-state index in [0.29, 0.717) is 6.61 Å². The summed E-state index contributed by atoms with van der Waals surface area (Å²) in [6.45, 7) is 4.56. The second kappa shape index (κ2) is 8.60. The van der Waals surface area contributed by atoms with Crippen LogP contribution in [0.3, 0.4) is 0 Å². The van der Waals surface area contributed by atoms with E-state index >= 15 is 0 Å². The second-order valence-corrected chi connectivity index (χ2v) is 10.0. The van der Waals surface area contributed by atoms with Crippen LogP contribution < -0.4 is 4.74 Å². The van der Waals surface area contributed by atoms with Gasteiger partial charge in [-0.25, -0.2) is 4.79 Å². The zero-order chi connectivity index (χ0) is 24.1. The van der Waals surface area contributed by atoms with Gasteiger partial charge < -0.3 is 9.47 Å². The minimum absolute atomic E-state index is 0.0881. The Hall–Kier alpha value is -3.53. The molecule has 4 nitrogen and oxygen atoms in total. The molecule has 6 rings (SSSR count). The maximum Gasteiger partial charge on any atom is 0.410 e. The average Bonchev–Trinajstić information content (AvgIpc) is 3.33. The Kier molecular flexibility index (Phi) is 5.40. The number of benzene rings is 3. The summed E-state index contributed by atoms with van der Waals surface area (Å²) in [5.74, 6) is 1.04. The van der Waals surface area contributed by atoms with Gasteiger partial charge in [0, 0.05) is 12.0 Å². The van der Waals surface area contributed by atoms with Gasteiger partial charge >= 0.3 is 6.09 Å². The van der Waals surface area contributed by atoms with Crippen molar-refractivity contribution >= 4 is 11.7 Å². The molecule has 4 heteroatoms. The summed E-state index contributed by atoms with van der Waals surface area (Å²) >= 11 is 0. The van der Waals surface area contributed by atoms with Gasteiger partial charge in [-0.05, 0) is 89.8 Å². The highest BCUT2D eigenvalue weighted by Gasteiger charge is 2.41. The third-order valence-corrected chi connectivity index (χ3v) is 7.98. The Morgan fingerprint density at radius 3 is 2.17 bits per heavy atom. The summed E-state index contributed by atoms with van der Waals surface area (Å²) in [5.41, 5.74) is 9.86. The number of nitrogens with zero attached hydrogens (tertiary/aromatic N) is 1. The van der Waals surface area contributed by atoms with Crippen LogP contribution in [0.25, 0.3) is 16.7 Å². The van der Waals surface area contributed by atoms with Crippen LogP contribution in [-0.4, -0.2) is 36.8 Å². The SMILES string of the molecule is COc1c(C)cc(C2=CC3CCC(C2)N3C(=O)OCC2c3ccccc3-c3ccccc32)cc1C. The molecule has 2 atom stereocenters.